The number of carbonyl (C=O) groups is 3. The zero-order chi connectivity index (χ0) is 20.4. The molecule has 1 saturated heterocycles. The van der Waals surface area contributed by atoms with Crippen molar-refractivity contribution in [1.82, 2.24) is 4.90 Å². The Bertz CT molecular complexity index is 890. The van der Waals surface area contributed by atoms with Crippen LogP contribution in [-0.4, -0.2) is 39.8 Å². The van der Waals surface area contributed by atoms with Gasteiger partial charge in [0.2, 0.25) is 5.91 Å². The molecule has 1 amide bonds. The highest BCUT2D eigenvalue weighted by Crippen LogP contribution is 2.41. The second-order valence-corrected chi connectivity index (χ2v) is 7.84. The molecule has 0 saturated carbocycles. The van der Waals surface area contributed by atoms with E-state index in [1.165, 1.54) is 18.7 Å². The lowest BCUT2D eigenvalue weighted by atomic mass is 9.94. The Labute approximate surface area is 167 Å². The first-order valence-corrected chi connectivity index (χ1v) is 10.00. The molecule has 1 aromatic rings. The molecule has 3 rings (SSSR count). The Hall–Kier alpha value is -2.61. The van der Waals surface area contributed by atoms with Gasteiger partial charge in [0.05, 0.1) is 23.4 Å². The number of hydrogen-bond acceptors (Lipinski definition) is 7. The molecule has 0 aromatic heterocycles. The molecular formula is C20H22N2O5S. The summed E-state index contributed by atoms with van der Waals surface area (Å²) in [6.07, 6.45) is 0.0488. The molecule has 148 valence electrons. The van der Waals surface area contributed by atoms with E-state index in [4.69, 9.17) is 9.47 Å². The summed E-state index contributed by atoms with van der Waals surface area (Å²) in [6.45, 7) is 6.59. The van der Waals surface area contributed by atoms with E-state index >= 15 is 0 Å². The number of carbonyl (C=O) groups excluding carboxylic acids is 3. The minimum Gasteiger partial charge on any atom is -0.459 e. The smallest absolute Gasteiger partial charge is 0.338 e. The van der Waals surface area contributed by atoms with E-state index in [0.717, 1.165) is 0 Å². The third-order valence-corrected chi connectivity index (χ3v) is 5.16. The summed E-state index contributed by atoms with van der Waals surface area (Å²) >= 11 is 1.48. The number of aliphatic imine (C=N–C) groups is 1. The number of amidine groups is 1. The quantitative estimate of drug-likeness (QED) is 0.568. The van der Waals surface area contributed by atoms with E-state index < -0.39 is 18.0 Å². The third kappa shape index (κ3) is 4.11. The number of hydrogen-bond donors (Lipinski definition) is 0. The molecule has 1 atom stereocenters. The lowest BCUT2D eigenvalue weighted by Gasteiger charge is -2.39. The Kier molecular flexibility index (Phi) is 5.88. The fraction of sp³-hybridized carbons (Fsp3) is 0.400. The normalized spacial score (nSPS) is 19.3. The predicted octanol–water partition coefficient (Wildman–Crippen LogP) is 3.21. The molecule has 1 aromatic carbocycles. The Morgan fingerprint density at radius 1 is 1.32 bits per heavy atom. The number of fused-ring (bicyclic) bond motifs is 1. The van der Waals surface area contributed by atoms with Crippen molar-refractivity contribution in [2.75, 3.05) is 5.75 Å². The molecule has 2 aliphatic heterocycles. The van der Waals surface area contributed by atoms with Crippen LogP contribution in [0.4, 0.5) is 0 Å². The van der Waals surface area contributed by atoms with Gasteiger partial charge >= 0.3 is 11.9 Å². The van der Waals surface area contributed by atoms with E-state index in [-0.39, 0.29) is 12.0 Å². The number of ether oxygens (including phenoxy) is 2. The van der Waals surface area contributed by atoms with Crippen molar-refractivity contribution < 1.29 is 23.9 Å². The van der Waals surface area contributed by atoms with Crippen LogP contribution < -0.4 is 4.74 Å². The molecule has 0 N–H and O–H groups in total. The van der Waals surface area contributed by atoms with Crippen LogP contribution in [0.25, 0.3) is 0 Å². The Morgan fingerprint density at radius 3 is 2.75 bits per heavy atom. The minimum atomic E-state index is -0.686. The molecule has 0 radical (unpaired) electrons. The number of thioether (sulfide) groups is 1. The van der Waals surface area contributed by atoms with Gasteiger partial charge in [-0.25, -0.2) is 9.79 Å². The first kappa shape index (κ1) is 20.1. The SMILES string of the molecule is CC(=O)Oc1cccc(C2C(C(=O)OC(C)C)=C(C)N=C3SCCC(=O)N32)c1. The van der Waals surface area contributed by atoms with Gasteiger partial charge in [0.15, 0.2) is 5.17 Å². The zero-order valence-corrected chi connectivity index (χ0v) is 17.0. The molecule has 7 nitrogen and oxygen atoms in total. The van der Waals surface area contributed by atoms with Crippen molar-refractivity contribution in [3.8, 4) is 5.75 Å². The van der Waals surface area contributed by atoms with Gasteiger partial charge in [-0.15, -0.1) is 0 Å². The van der Waals surface area contributed by atoms with Crippen LogP contribution in [0.1, 0.15) is 45.7 Å². The van der Waals surface area contributed by atoms with Crippen molar-refractivity contribution in [1.29, 1.82) is 0 Å². The maximum absolute atomic E-state index is 12.9. The average Bonchev–Trinajstić information content (AvgIpc) is 2.59. The van der Waals surface area contributed by atoms with Crippen LogP contribution in [0.15, 0.2) is 40.5 Å². The largest absolute Gasteiger partial charge is 0.459 e. The summed E-state index contributed by atoms with van der Waals surface area (Å²) in [5.74, 6) is -0.0727. The van der Waals surface area contributed by atoms with E-state index in [0.29, 0.717) is 39.9 Å². The summed E-state index contributed by atoms with van der Waals surface area (Å²) < 4.78 is 10.6. The van der Waals surface area contributed by atoms with Crippen molar-refractivity contribution >= 4 is 34.8 Å². The van der Waals surface area contributed by atoms with E-state index in [2.05, 4.69) is 4.99 Å². The van der Waals surface area contributed by atoms with Crippen LogP contribution in [0.3, 0.4) is 0 Å². The third-order valence-electron chi connectivity index (χ3n) is 4.20. The summed E-state index contributed by atoms with van der Waals surface area (Å²) in [4.78, 5) is 43.0. The topological polar surface area (TPSA) is 85.3 Å². The van der Waals surface area contributed by atoms with Gasteiger partial charge in [-0.3, -0.25) is 14.5 Å². The van der Waals surface area contributed by atoms with E-state index in [1.807, 2.05) is 0 Å². The molecule has 0 bridgehead atoms. The van der Waals surface area contributed by atoms with Crippen LogP contribution in [-0.2, 0) is 19.1 Å². The molecule has 1 unspecified atom stereocenters. The standard InChI is InChI=1S/C20H22N2O5S/c1-11(2)26-19(25)17-12(3)21-20-22(16(24)8-9-28-20)18(17)14-6-5-7-15(10-14)27-13(4)23/h5-7,10-11,18H,8-9H2,1-4H3. The summed E-state index contributed by atoms with van der Waals surface area (Å²) in [5, 5.41) is 0.567. The number of allylic oxidation sites excluding steroid dienone is 1. The molecule has 8 heteroatoms. The molecule has 2 aliphatic rings. The molecular weight excluding hydrogens is 380 g/mol. The van der Waals surface area contributed by atoms with E-state index in [1.54, 1.807) is 49.9 Å². The zero-order valence-electron chi connectivity index (χ0n) is 16.2. The highest BCUT2D eigenvalue weighted by atomic mass is 32.2. The van der Waals surface area contributed by atoms with Crippen LogP contribution in [0.5, 0.6) is 5.75 Å². The number of rotatable bonds is 4. The molecule has 1 fully saturated rings. The lowest BCUT2D eigenvalue weighted by molar-refractivity contribution is -0.143. The van der Waals surface area contributed by atoms with Gasteiger partial charge in [0, 0.05) is 19.1 Å². The Balaban J connectivity index is 2.12. The van der Waals surface area contributed by atoms with Crippen LogP contribution >= 0.6 is 11.8 Å². The number of nitrogens with zero attached hydrogens (tertiary/aromatic N) is 2. The second kappa shape index (κ2) is 8.18. The maximum atomic E-state index is 12.9. The van der Waals surface area contributed by atoms with Gasteiger partial charge in [0.25, 0.3) is 0 Å². The van der Waals surface area contributed by atoms with E-state index in [9.17, 15) is 14.4 Å². The van der Waals surface area contributed by atoms with Crippen molar-refractivity contribution in [3.63, 3.8) is 0 Å². The summed E-state index contributed by atoms with van der Waals surface area (Å²) in [5.41, 5.74) is 1.48. The van der Waals surface area contributed by atoms with Gasteiger partial charge in [-0.1, -0.05) is 23.9 Å². The van der Waals surface area contributed by atoms with Crippen LogP contribution in [0.2, 0.25) is 0 Å². The first-order valence-electron chi connectivity index (χ1n) is 9.01. The van der Waals surface area contributed by atoms with Crippen molar-refractivity contribution in [2.45, 2.75) is 46.3 Å². The molecule has 0 aliphatic carbocycles. The average molecular weight is 402 g/mol. The Morgan fingerprint density at radius 2 is 2.07 bits per heavy atom. The van der Waals surface area contributed by atoms with Gasteiger partial charge in [-0.2, -0.15) is 0 Å². The van der Waals surface area contributed by atoms with Crippen LogP contribution in [0, 0.1) is 0 Å². The maximum Gasteiger partial charge on any atom is 0.338 e. The monoisotopic (exact) mass is 402 g/mol. The summed E-state index contributed by atoms with van der Waals surface area (Å²) in [6, 6.07) is 6.15. The van der Waals surface area contributed by atoms with Gasteiger partial charge in [0.1, 0.15) is 5.75 Å². The predicted molar refractivity (Wildman–Crippen MR) is 106 cm³/mol. The van der Waals surface area contributed by atoms with Crippen molar-refractivity contribution in [2.24, 2.45) is 4.99 Å². The van der Waals surface area contributed by atoms with Gasteiger partial charge in [-0.05, 0) is 38.5 Å². The lowest BCUT2D eigenvalue weighted by Crippen LogP contribution is -2.46. The molecule has 28 heavy (non-hydrogen) atoms. The fourth-order valence-corrected chi connectivity index (χ4v) is 4.17. The van der Waals surface area contributed by atoms with Gasteiger partial charge < -0.3 is 9.47 Å². The first-order chi connectivity index (χ1) is 13.3. The minimum absolute atomic E-state index is 0.109. The second-order valence-electron chi connectivity index (χ2n) is 6.78. The highest BCUT2D eigenvalue weighted by Gasteiger charge is 2.41. The molecule has 0 spiro atoms. The fourth-order valence-electron chi connectivity index (χ4n) is 3.16. The van der Waals surface area contributed by atoms with Crippen molar-refractivity contribution in [3.05, 3.63) is 41.1 Å². The number of amides is 1. The highest BCUT2D eigenvalue weighted by molar-refractivity contribution is 8.14. The molecule has 2 heterocycles. The number of esters is 2. The number of benzene rings is 1. The summed E-state index contributed by atoms with van der Waals surface area (Å²) in [7, 11) is 0.